The molecule has 100 valence electrons. The largest absolute Gasteiger partial charge is 0.350 e. The molecule has 4 nitrogen and oxygen atoms in total. The molecule has 0 aliphatic carbocycles. The molecule has 1 heterocycles. The predicted octanol–water partition coefficient (Wildman–Crippen LogP) is 1.88. The average Bonchev–Trinajstić information content (AvgIpc) is 2.23. The summed E-state index contributed by atoms with van der Waals surface area (Å²) in [7, 11) is 0. The summed E-state index contributed by atoms with van der Waals surface area (Å²) in [6, 6.07) is 3.46. The fourth-order valence-electron chi connectivity index (χ4n) is 1.87. The van der Waals surface area contributed by atoms with E-state index in [0.29, 0.717) is 12.1 Å². The van der Waals surface area contributed by atoms with Crippen molar-refractivity contribution in [2.45, 2.75) is 40.2 Å². The van der Waals surface area contributed by atoms with Gasteiger partial charge in [-0.3, -0.25) is 9.78 Å². The number of carbonyl (C=O) groups excluding carboxylic acids is 1. The van der Waals surface area contributed by atoms with Crippen LogP contribution >= 0.6 is 0 Å². The summed E-state index contributed by atoms with van der Waals surface area (Å²) in [6.45, 7) is 8.78. The Morgan fingerprint density at radius 3 is 2.72 bits per heavy atom. The van der Waals surface area contributed by atoms with Gasteiger partial charge in [0.25, 0.3) is 5.91 Å². The van der Waals surface area contributed by atoms with Gasteiger partial charge in [-0.05, 0) is 30.9 Å². The van der Waals surface area contributed by atoms with Crippen LogP contribution in [-0.4, -0.2) is 23.5 Å². The molecular weight excluding hydrogens is 226 g/mol. The van der Waals surface area contributed by atoms with Crippen LogP contribution in [0.2, 0.25) is 0 Å². The second-order valence-electron chi connectivity index (χ2n) is 5.92. The van der Waals surface area contributed by atoms with Crippen LogP contribution in [0.4, 0.5) is 0 Å². The highest BCUT2D eigenvalue weighted by Gasteiger charge is 2.16. The van der Waals surface area contributed by atoms with Crippen LogP contribution in [0, 0.1) is 12.3 Å². The van der Waals surface area contributed by atoms with E-state index in [2.05, 4.69) is 31.1 Å². The molecule has 1 rings (SSSR count). The third-order valence-corrected chi connectivity index (χ3v) is 2.56. The standard InChI is InChI=1S/C14H23N3O/c1-10-7-11(5-6-16-10)13(18)17-9-12(15)8-14(2,3)4/h5-7,12H,8-9,15H2,1-4H3,(H,17,18). The summed E-state index contributed by atoms with van der Waals surface area (Å²) in [4.78, 5) is 15.9. The third kappa shape index (κ3) is 5.27. The first-order valence-electron chi connectivity index (χ1n) is 6.24. The van der Waals surface area contributed by atoms with Gasteiger partial charge in [-0.25, -0.2) is 0 Å². The first kappa shape index (κ1) is 14.6. The minimum absolute atomic E-state index is 0.0168. The Kier molecular flexibility index (Phi) is 4.84. The summed E-state index contributed by atoms with van der Waals surface area (Å²) >= 11 is 0. The second kappa shape index (κ2) is 5.96. The molecule has 0 aliphatic heterocycles. The molecule has 4 heteroatoms. The molecule has 0 aromatic carbocycles. The van der Waals surface area contributed by atoms with Crippen LogP contribution in [0.15, 0.2) is 18.3 Å². The topological polar surface area (TPSA) is 68.0 Å². The smallest absolute Gasteiger partial charge is 0.251 e. The minimum atomic E-state index is -0.0927. The number of hydrogen-bond acceptors (Lipinski definition) is 3. The summed E-state index contributed by atoms with van der Waals surface area (Å²) in [5, 5.41) is 2.86. The molecule has 1 aromatic rings. The van der Waals surface area contributed by atoms with Crippen molar-refractivity contribution in [3.63, 3.8) is 0 Å². The number of nitrogens with zero attached hydrogens (tertiary/aromatic N) is 1. The van der Waals surface area contributed by atoms with Crippen LogP contribution in [0.5, 0.6) is 0 Å². The van der Waals surface area contributed by atoms with Crippen LogP contribution < -0.4 is 11.1 Å². The van der Waals surface area contributed by atoms with Gasteiger partial charge in [0.2, 0.25) is 0 Å². The van der Waals surface area contributed by atoms with E-state index in [1.54, 1.807) is 18.3 Å². The molecule has 0 aliphatic rings. The molecule has 0 fully saturated rings. The van der Waals surface area contributed by atoms with E-state index in [-0.39, 0.29) is 17.4 Å². The molecule has 3 N–H and O–H groups in total. The number of hydrogen-bond donors (Lipinski definition) is 2. The number of aromatic nitrogens is 1. The lowest BCUT2D eigenvalue weighted by Crippen LogP contribution is -2.39. The summed E-state index contributed by atoms with van der Waals surface area (Å²) in [5.41, 5.74) is 7.63. The number of nitrogens with one attached hydrogen (secondary N) is 1. The zero-order chi connectivity index (χ0) is 13.8. The van der Waals surface area contributed by atoms with Crippen molar-refractivity contribution >= 4 is 5.91 Å². The maximum Gasteiger partial charge on any atom is 0.251 e. The molecule has 0 radical (unpaired) electrons. The third-order valence-electron chi connectivity index (χ3n) is 2.56. The molecule has 1 unspecified atom stereocenters. The lowest BCUT2D eigenvalue weighted by molar-refractivity contribution is 0.0948. The van der Waals surface area contributed by atoms with Gasteiger partial charge in [0.05, 0.1) is 0 Å². The quantitative estimate of drug-likeness (QED) is 0.856. The maximum atomic E-state index is 11.9. The normalized spacial score (nSPS) is 13.2. The Hall–Kier alpha value is -1.42. The average molecular weight is 249 g/mol. The van der Waals surface area contributed by atoms with E-state index in [4.69, 9.17) is 5.73 Å². The van der Waals surface area contributed by atoms with E-state index in [1.807, 2.05) is 6.92 Å². The van der Waals surface area contributed by atoms with Gasteiger partial charge in [-0.1, -0.05) is 20.8 Å². The van der Waals surface area contributed by atoms with Gasteiger partial charge in [0.1, 0.15) is 0 Å². The summed E-state index contributed by atoms with van der Waals surface area (Å²) in [6.07, 6.45) is 2.52. The fourth-order valence-corrected chi connectivity index (χ4v) is 1.87. The Balaban J connectivity index is 2.47. The summed E-state index contributed by atoms with van der Waals surface area (Å²) < 4.78 is 0. The minimum Gasteiger partial charge on any atom is -0.350 e. The molecule has 1 atom stereocenters. The van der Waals surface area contributed by atoms with E-state index < -0.39 is 0 Å². The number of carbonyl (C=O) groups is 1. The molecular formula is C14H23N3O. The Morgan fingerprint density at radius 2 is 2.17 bits per heavy atom. The van der Waals surface area contributed by atoms with E-state index in [0.717, 1.165) is 12.1 Å². The zero-order valence-corrected chi connectivity index (χ0v) is 11.7. The van der Waals surface area contributed by atoms with Gasteiger partial charge in [-0.15, -0.1) is 0 Å². The summed E-state index contributed by atoms with van der Waals surface area (Å²) in [5.74, 6) is -0.0927. The van der Waals surface area contributed by atoms with Crippen LogP contribution in [0.1, 0.15) is 43.2 Å². The number of nitrogens with two attached hydrogens (primary N) is 1. The van der Waals surface area contributed by atoms with Crippen molar-refractivity contribution in [2.75, 3.05) is 6.54 Å². The van der Waals surface area contributed by atoms with Crippen molar-refractivity contribution < 1.29 is 4.79 Å². The van der Waals surface area contributed by atoms with Gasteiger partial charge in [0.15, 0.2) is 0 Å². The molecule has 0 bridgehead atoms. The van der Waals surface area contributed by atoms with Crippen molar-refractivity contribution in [1.29, 1.82) is 0 Å². The van der Waals surface area contributed by atoms with E-state index >= 15 is 0 Å². The van der Waals surface area contributed by atoms with Gasteiger partial charge in [0, 0.05) is 30.0 Å². The van der Waals surface area contributed by atoms with Crippen molar-refractivity contribution in [3.05, 3.63) is 29.6 Å². The number of amides is 1. The first-order chi connectivity index (χ1) is 8.28. The lowest BCUT2D eigenvalue weighted by atomic mass is 9.88. The lowest BCUT2D eigenvalue weighted by Gasteiger charge is -2.23. The highest BCUT2D eigenvalue weighted by Crippen LogP contribution is 2.19. The highest BCUT2D eigenvalue weighted by atomic mass is 16.1. The second-order valence-corrected chi connectivity index (χ2v) is 5.92. The zero-order valence-electron chi connectivity index (χ0n) is 11.7. The maximum absolute atomic E-state index is 11.9. The van der Waals surface area contributed by atoms with E-state index in [1.165, 1.54) is 0 Å². The van der Waals surface area contributed by atoms with Crippen molar-refractivity contribution in [2.24, 2.45) is 11.1 Å². The number of aryl methyl sites for hydroxylation is 1. The fraction of sp³-hybridized carbons (Fsp3) is 0.571. The number of pyridine rings is 1. The molecule has 0 spiro atoms. The molecule has 1 amide bonds. The predicted molar refractivity (Wildman–Crippen MR) is 73.4 cm³/mol. The Labute approximate surface area is 109 Å². The Bertz CT molecular complexity index is 410. The Morgan fingerprint density at radius 1 is 1.50 bits per heavy atom. The molecule has 0 saturated carbocycles. The van der Waals surface area contributed by atoms with Crippen molar-refractivity contribution in [1.82, 2.24) is 10.3 Å². The van der Waals surface area contributed by atoms with Gasteiger partial charge >= 0.3 is 0 Å². The van der Waals surface area contributed by atoms with Gasteiger partial charge in [-0.2, -0.15) is 0 Å². The van der Waals surface area contributed by atoms with Crippen LogP contribution in [0.25, 0.3) is 0 Å². The van der Waals surface area contributed by atoms with Crippen LogP contribution in [-0.2, 0) is 0 Å². The van der Waals surface area contributed by atoms with E-state index in [9.17, 15) is 4.79 Å². The van der Waals surface area contributed by atoms with Crippen molar-refractivity contribution in [3.8, 4) is 0 Å². The van der Waals surface area contributed by atoms with Gasteiger partial charge < -0.3 is 11.1 Å². The molecule has 0 saturated heterocycles. The van der Waals surface area contributed by atoms with Crippen LogP contribution in [0.3, 0.4) is 0 Å². The molecule has 1 aromatic heterocycles. The number of rotatable bonds is 4. The molecule has 18 heavy (non-hydrogen) atoms. The monoisotopic (exact) mass is 249 g/mol. The highest BCUT2D eigenvalue weighted by molar-refractivity contribution is 5.94. The SMILES string of the molecule is Cc1cc(C(=O)NCC(N)CC(C)(C)C)ccn1. The first-order valence-corrected chi connectivity index (χ1v) is 6.24.